The van der Waals surface area contributed by atoms with E-state index in [0.717, 1.165) is 5.56 Å². The lowest BCUT2D eigenvalue weighted by Gasteiger charge is -2.39. The van der Waals surface area contributed by atoms with Crippen LogP contribution in [0, 0.1) is 0 Å². The molecule has 1 saturated heterocycles. The van der Waals surface area contributed by atoms with Gasteiger partial charge in [-0.1, -0.05) is 30.3 Å². The molecule has 3 rings (SSSR count). The monoisotopic (exact) mass is 391 g/mol. The van der Waals surface area contributed by atoms with Crippen LogP contribution in [0.3, 0.4) is 0 Å². The van der Waals surface area contributed by atoms with E-state index in [9.17, 15) is 15.0 Å². The summed E-state index contributed by atoms with van der Waals surface area (Å²) in [6.07, 6.45) is 0.571. The molecule has 1 aromatic carbocycles. The summed E-state index contributed by atoms with van der Waals surface area (Å²) in [6, 6.07) is 11.4. The van der Waals surface area contributed by atoms with Crippen molar-refractivity contribution in [3.05, 3.63) is 52.2 Å². The van der Waals surface area contributed by atoms with Gasteiger partial charge in [0.2, 0.25) is 0 Å². The Balaban J connectivity index is 1.47. The van der Waals surface area contributed by atoms with Gasteiger partial charge in [0.25, 0.3) is 0 Å². The molecule has 1 fully saturated rings. The zero-order chi connectivity index (χ0) is 19.3. The second kappa shape index (κ2) is 8.84. The average Bonchev–Trinajstić information content (AvgIpc) is 3.17. The maximum Gasteiger partial charge on any atom is 0.351 e. The molecule has 27 heavy (non-hydrogen) atoms. The molecule has 0 saturated carbocycles. The summed E-state index contributed by atoms with van der Waals surface area (Å²) in [5, 5.41) is 22.9. The van der Waals surface area contributed by atoms with Gasteiger partial charge in [-0.15, -0.1) is 11.3 Å². The molecule has 146 valence electrons. The van der Waals surface area contributed by atoms with Crippen LogP contribution in [-0.2, 0) is 10.3 Å². The van der Waals surface area contributed by atoms with Crippen molar-refractivity contribution in [1.82, 2.24) is 4.90 Å². The molecule has 1 aromatic heterocycles. The number of hydrogen-bond donors (Lipinski definition) is 2. The van der Waals surface area contributed by atoms with Crippen LogP contribution in [0.25, 0.3) is 0 Å². The fraction of sp³-hybridized carbons (Fsp3) is 0.450. The maximum atomic E-state index is 11.6. The molecule has 0 amide bonds. The maximum absolute atomic E-state index is 11.6. The first kappa shape index (κ1) is 19.8. The number of nitrogens with zero attached hydrogens (tertiary/aromatic N) is 1. The van der Waals surface area contributed by atoms with Crippen LogP contribution in [0.5, 0.6) is 5.75 Å². The Kier molecular flexibility index (Phi) is 6.49. The van der Waals surface area contributed by atoms with Crippen LogP contribution >= 0.6 is 11.3 Å². The van der Waals surface area contributed by atoms with Gasteiger partial charge in [0.1, 0.15) is 18.5 Å². The molecule has 0 bridgehead atoms. The molecule has 2 aromatic rings. The Morgan fingerprint density at radius 2 is 1.96 bits per heavy atom. The fourth-order valence-electron chi connectivity index (χ4n) is 3.33. The minimum Gasteiger partial charge on any atom is -0.489 e. The lowest BCUT2D eigenvalue weighted by atomic mass is 9.84. The van der Waals surface area contributed by atoms with Crippen LogP contribution in [-0.4, -0.2) is 60.5 Å². The van der Waals surface area contributed by atoms with E-state index >= 15 is 0 Å². The quantitative estimate of drug-likeness (QED) is 0.705. The predicted molar refractivity (Wildman–Crippen MR) is 103 cm³/mol. The first-order valence-electron chi connectivity index (χ1n) is 8.99. The van der Waals surface area contributed by atoms with E-state index in [4.69, 9.17) is 9.47 Å². The largest absolute Gasteiger partial charge is 0.489 e. The number of β-amino-alcohol motifs (C(OH)–C–C–N with tert-alkyl or cyclic N) is 1. The second-order valence-corrected chi connectivity index (χ2v) is 7.68. The van der Waals surface area contributed by atoms with Crippen molar-refractivity contribution in [2.75, 3.05) is 33.4 Å². The minimum absolute atomic E-state index is 0.0974. The first-order valence-corrected chi connectivity index (χ1v) is 9.87. The number of hydrogen-bond acceptors (Lipinski definition) is 7. The van der Waals surface area contributed by atoms with Crippen LogP contribution < -0.4 is 4.74 Å². The molecule has 1 atom stereocenters. The van der Waals surface area contributed by atoms with Crippen molar-refractivity contribution >= 4 is 17.3 Å². The molecule has 6 nitrogen and oxygen atoms in total. The summed E-state index contributed by atoms with van der Waals surface area (Å²) in [5.41, 5.74) is 0.145. The van der Waals surface area contributed by atoms with Crippen molar-refractivity contribution in [3.63, 3.8) is 0 Å². The molecule has 1 unspecified atom stereocenters. The smallest absolute Gasteiger partial charge is 0.351 e. The van der Waals surface area contributed by atoms with E-state index in [1.807, 2.05) is 30.3 Å². The zero-order valence-electron chi connectivity index (χ0n) is 15.3. The summed E-state index contributed by atoms with van der Waals surface area (Å²) in [5.74, 6) is -0.00582. The number of rotatable bonds is 7. The number of ether oxygens (including phenoxy) is 2. The van der Waals surface area contributed by atoms with E-state index in [-0.39, 0.29) is 6.61 Å². The molecule has 1 aliphatic rings. The van der Waals surface area contributed by atoms with Crippen molar-refractivity contribution < 1.29 is 24.5 Å². The highest BCUT2D eigenvalue weighted by molar-refractivity contribution is 7.12. The number of piperidine rings is 1. The third kappa shape index (κ3) is 4.87. The summed E-state index contributed by atoms with van der Waals surface area (Å²) < 4.78 is 10.3. The number of aliphatic hydroxyl groups is 2. The van der Waals surface area contributed by atoms with Crippen LogP contribution in [0.1, 0.15) is 28.1 Å². The van der Waals surface area contributed by atoms with Gasteiger partial charge in [0.15, 0.2) is 4.88 Å². The number of benzene rings is 1. The number of methoxy groups -OCH3 is 1. The van der Waals surface area contributed by atoms with Crippen LogP contribution in [0.2, 0.25) is 0 Å². The van der Waals surface area contributed by atoms with Gasteiger partial charge in [-0.3, -0.25) is 0 Å². The third-order valence-electron chi connectivity index (χ3n) is 4.89. The zero-order valence-corrected chi connectivity index (χ0v) is 16.2. The van der Waals surface area contributed by atoms with Gasteiger partial charge < -0.3 is 24.6 Å². The van der Waals surface area contributed by atoms with Gasteiger partial charge in [0, 0.05) is 19.6 Å². The molecular formula is C20H25NO5S. The second-order valence-electron chi connectivity index (χ2n) is 6.77. The molecule has 0 spiro atoms. The Morgan fingerprint density at radius 1 is 1.26 bits per heavy atom. The van der Waals surface area contributed by atoms with E-state index in [1.54, 1.807) is 11.4 Å². The van der Waals surface area contributed by atoms with Crippen molar-refractivity contribution in [2.45, 2.75) is 24.5 Å². The van der Waals surface area contributed by atoms with Gasteiger partial charge in [0.05, 0.1) is 12.7 Å². The topological polar surface area (TPSA) is 79.2 Å². The van der Waals surface area contributed by atoms with Gasteiger partial charge in [-0.25, -0.2) is 4.79 Å². The van der Waals surface area contributed by atoms with E-state index in [2.05, 4.69) is 4.90 Å². The predicted octanol–water partition coefficient (Wildman–Crippen LogP) is 2.26. The number of likely N-dealkylation sites (tertiary alicyclic amines) is 1. The number of aliphatic hydroxyl groups excluding tert-OH is 1. The third-order valence-corrected chi connectivity index (χ3v) is 5.77. The molecule has 2 N–H and O–H groups in total. The summed E-state index contributed by atoms with van der Waals surface area (Å²) in [4.78, 5) is 14.2. The minimum atomic E-state index is -0.800. The van der Waals surface area contributed by atoms with Crippen molar-refractivity contribution in [1.29, 1.82) is 0 Å². The Hall–Kier alpha value is -1.93. The van der Waals surface area contributed by atoms with Crippen LogP contribution in [0.4, 0.5) is 0 Å². The van der Waals surface area contributed by atoms with E-state index < -0.39 is 17.7 Å². The summed E-state index contributed by atoms with van der Waals surface area (Å²) in [6.45, 7) is 1.96. The standard InChI is InChI=1S/C20H25NO5S/c1-25-19(23)18-17(7-12-27-18)26-14-16(22)13-21-10-8-20(24,9-11-21)15-5-3-2-4-6-15/h2-7,12,16,22,24H,8-11,13-14H2,1H3. The molecule has 1 aliphatic heterocycles. The Morgan fingerprint density at radius 3 is 2.63 bits per heavy atom. The van der Waals surface area contributed by atoms with Crippen molar-refractivity contribution in [2.24, 2.45) is 0 Å². The molecule has 7 heteroatoms. The summed E-state index contributed by atoms with van der Waals surface area (Å²) >= 11 is 1.25. The molecule has 2 heterocycles. The Labute approximate surface area is 163 Å². The Bertz CT molecular complexity index is 740. The van der Waals surface area contributed by atoms with Gasteiger partial charge >= 0.3 is 5.97 Å². The van der Waals surface area contributed by atoms with Crippen LogP contribution in [0.15, 0.2) is 41.8 Å². The highest BCUT2D eigenvalue weighted by Gasteiger charge is 2.34. The SMILES string of the molecule is COC(=O)c1sccc1OCC(O)CN1CCC(O)(c2ccccc2)CC1. The number of carbonyl (C=O) groups is 1. The highest BCUT2D eigenvalue weighted by atomic mass is 32.1. The number of carbonyl (C=O) groups excluding carboxylic acids is 1. The highest BCUT2D eigenvalue weighted by Crippen LogP contribution is 2.32. The molecule has 0 aliphatic carbocycles. The normalized spacial score (nSPS) is 18.0. The van der Waals surface area contributed by atoms with Gasteiger partial charge in [-0.2, -0.15) is 0 Å². The fourth-order valence-corrected chi connectivity index (χ4v) is 4.08. The number of thiophene rings is 1. The summed E-state index contributed by atoms with van der Waals surface area (Å²) in [7, 11) is 1.33. The first-order chi connectivity index (χ1) is 13.0. The molecular weight excluding hydrogens is 366 g/mol. The van der Waals surface area contributed by atoms with E-state index in [0.29, 0.717) is 43.1 Å². The van der Waals surface area contributed by atoms with Gasteiger partial charge in [-0.05, 0) is 29.9 Å². The lowest BCUT2D eigenvalue weighted by Crippen LogP contribution is -2.46. The molecule has 0 radical (unpaired) electrons. The lowest BCUT2D eigenvalue weighted by molar-refractivity contribution is -0.0372. The van der Waals surface area contributed by atoms with Crippen molar-refractivity contribution in [3.8, 4) is 5.75 Å². The number of esters is 1. The average molecular weight is 391 g/mol. The van der Waals surface area contributed by atoms with E-state index in [1.165, 1.54) is 18.4 Å².